The molecule has 0 aliphatic carbocycles. The molecule has 0 fully saturated rings. The molecule has 0 aromatic rings. The number of ether oxygens (including phenoxy) is 1. The fraction of sp³-hybridized carbons (Fsp3) is 0.889. The number of esters is 1. The van der Waals surface area contributed by atoms with Crippen molar-refractivity contribution in [3.05, 3.63) is 0 Å². The first-order chi connectivity index (χ1) is 8.73. The summed E-state index contributed by atoms with van der Waals surface area (Å²) in [6.07, 6.45) is -20.7. The van der Waals surface area contributed by atoms with Gasteiger partial charge < -0.3 is 4.74 Å². The Balaban J connectivity index is 5.86. The van der Waals surface area contributed by atoms with Crippen LogP contribution in [0.1, 0.15) is 19.8 Å². The number of alkyl halides is 9. The first kappa shape index (κ1) is 18.8. The lowest BCUT2D eigenvalue weighted by molar-refractivity contribution is -0.412. The van der Waals surface area contributed by atoms with E-state index in [0.717, 1.165) is 0 Å². The van der Waals surface area contributed by atoms with Crippen LogP contribution in [0.25, 0.3) is 0 Å². The van der Waals surface area contributed by atoms with E-state index in [-0.39, 0.29) is 12.8 Å². The highest BCUT2D eigenvalue weighted by Gasteiger charge is 2.89. The van der Waals surface area contributed by atoms with Crippen LogP contribution in [-0.4, -0.2) is 31.1 Å². The molecule has 120 valence electrons. The van der Waals surface area contributed by atoms with Crippen molar-refractivity contribution in [1.29, 1.82) is 0 Å². The molecule has 0 saturated carbocycles. The zero-order valence-corrected chi connectivity index (χ0v) is 9.84. The molecule has 0 rings (SSSR count). The van der Waals surface area contributed by atoms with E-state index in [4.69, 9.17) is 0 Å². The Bertz CT molecular complexity index is 303. The predicted octanol–water partition coefficient (Wildman–Crippen LogP) is 4.00. The summed E-state index contributed by atoms with van der Waals surface area (Å²) in [5, 5.41) is 0. The summed E-state index contributed by atoms with van der Waals surface area (Å²) in [5.74, 6) is -3.42. The summed E-state index contributed by atoms with van der Waals surface area (Å²) in [5.41, 5.74) is -6.54. The van der Waals surface area contributed by atoms with Crippen molar-refractivity contribution in [3.8, 4) is 0 Å². The highest BCUT2D eigenvalue weighted by molar-refractivity contribution is 5.80. The minimum atomic E-state index is -6.92. The number of unbranched alkanes of at least 4 members (excludes halogenated alkanes) is 1. The Morgan fingerprint density at radius 2 is 1.20 bits per heavy atom. The van der Waals surface area contributed by atoms with Crippen LogP contribution < -0.4 is 0 Å². The number of hydrogen-bond acceptors (Lipinski definition) is 2. The van der Waals surface area contributed by atoms with Gasteiger partial charge in [-0.15, -0.1) is 0 Å². The van der Waals surface area contributed by atoms with Gasteiger partial charge in [0.25, 0.3) is 0 Å². The second-order valence-electron chi connectivity index (χ2n) is 3.73. The fourth-order valence-electron chi connectivity index (χ4n) is 1.25. The lowest BCUT2D eigenvalue weighted by atomic mass is 9.85. The summed E-state index contributed by atoms with van der Waals surface area (Å²) in [7, 11) is 0. The maximum atomic E-state index is 12.4. The summed E-state index contributed by atoms with van der Waals surface area (Å²) in [4.78, 5) is 10.9. The maximum Gasteiger partial charge on any atom is 0.422 e. The Hall–Kier alpha value is -1.16. The van der Waals surface area contributed by atoms with Crippen LogP contribution in [0.4, 0.5) is 39.5 Å². The molecule has 0 N–H and O–H groups in total. The third-order valence-electron chi connectivity index (χ3n) is 2.31. The highest BCUT2D eigenvalue weighted by Crippen LogP contribution is 2.59. The van der Waals surface area contributed by atoms with Crippen LogP contribution in [-0.2, 0) is 9.53 Å². The van der Waals surface area contributed by atoms with Crippen LogP contribution in [0.15, 0.2) is 0 Å². The first-order valence-electron chi connectivity index (χ1n) is 5.10. The molecular formula is C9H9F9O2. The Morgan fingerprint density at radius 3 is 1.45 bits per heavy atom. The van der Waals surface area contributed by atoms with E-state index in [1.807, 2.05) is 0 Å². The second-order valence-corrected chi connectivity index (χ2v) is 3.73. The molecule has 0 aliphatic heterocycles. The molecule has 0 atom stereocenters. The van der Waals surface area contributed by atoms with Gasteiger partial charge in [-0.1, -0.05) is 13.3 Å². The van der Waals surface area contributed by atoms with Crippen molar-refractivity contribution in [2.45, 2.75) is 38.3 Å². The van der Waals surface area contributed by atoms with Crippen molar-refractivity contribution < 1.29 is 49.0 Å². The Kier molecular flexibility index (Phi) is 5.35. The highest BCUT2D eigenvalue weighted by atomic mass is 19.4. The average molecular weight is 320 g/mol. The summed E-state index contributed by atoms with van der Waals surface area (Å²) < 4.78 is 115. The van der Waals surface area contributed by atoms with Crippen molar-refractivity contribution >= 4 is 5.97 Å². The molecule has 0 aromatic carbocycles. The smallest absolute Gasteiger partial charge is 0.422 e. The van der Waals surface area contributed by atoms with Gasteiger partial charge in [-0.2, -0.15) is 39.5 Å². The van der Waals surface area contributed by atoms with Gasteiger partial charge in [0.05, 0.1) is 6.61 Å². The van der Waals surface area contributed by atoms with Crippen LogP contribution in [0, 0.1) is 5.41 Å². The lowest BCUT2D eigenvalue weighted by Gasteiger charge is -2.36. The minimum Gasteiger partial charge on any atom is -0.465 e. The van der Waals surface area contributed by atoms with E-state index in [0.29, 0.717) is 0 Å². The topological polar surface area (TPSA) is 26.3 Å². The van der Waals surface area contributed by atoms with Crippen LogP contribution in [0.3, 0.4) is 0 Å². The Morgan fingerprint density at radius 1 is 0.850 bits per heavy atom. The number of halogens is 9. The van der Waals surface area contributed by atoms with Gasteiger partial charge >= 0.3 is 29.9 Å². The van der Waals surface area contributed by atoms with E-state index in [1.54, 1.807) is 0 Å². The Labute approximate surface area is 106 Å². The molecule has 0 amide bonds. The quantitative estimate of drug-likeness (QED) is 0.444. The van der Waals surface area contributed by atoms with E-state index in [1.165, 1.54) is 6.92 Å². The van der Waals surface area contributed by atoms with Crippen molar-refractivity contribution in [2.24, 2.45) is 5.41 Å². The van der Waals surface area contributed by atoms with Crippen molar-refractivity contribution in [1.82, 2.24) is 0 Å². The predicted molar refractivity (Wildman–Crippen MR) is 46.5 cm³/mol. The summed E-state index contributed by atoms with van der Waals surface area (Å²) in [6.45, 7) is 0.470. The third kappa shape index (κ3) is 3.11. The zero-order valence-electron chi connectivity index (χ0n) is 9.84. The average Bonchev–Trinajstić information content (AvgIpc) is 2.10. The second kappa shape index (κ2) is 5.68. The van der Waals surface area contributed by atoms with Gasteiger partial charge in [-0.25, -0.2) is 0 Å². The van der Waals surface area contributed by atoms with Gasteiger partial charge in [0, 0.05) is 0 Å². The first-order valence-corrected chi connectivity index (χ1v) is 5.10. The SMILES string of the molecule is CCCCOC(=O)C(C(F)(F)F)(C(F)(F)F)C(F)(F)F. The number of carbonyl (C=O) groups is 1. The summed E-state index contributed by atoms with van der Waals surface area (Å²) >= 11 is 0. The van der Waals surface area contributed by atoms with Crippen LogP contribution >= 0.6 is 0 Å². The van der Waals surface area contributed by atoms with E-state index in [9.17, 15) is 44.3 Å². The fourth-order valence-corrected chi connectivity index (χ4v) is 1.25. The zero-order chi connectivity index (χ0) is 16.4. The molecule has 0 aromatic heterocycles. The van der Waals surface area contributed by atoms with Crippen LogP contribution in [0.2, 0.25) is 0 Å². The van der Waals surface area contributed by atoms with E-state index >= 15 is 0 Å². The van der Waals surface area contributed by atoms with Gasteiger partial charge in [0.2, 0.25) is 0 Å². The largest absolute Gasteiger partial charge is 0.465 e. The standard InChI is InChI=1S/C9H9F9O2/c1-2-3-4-20-5(19)6(7(10,11)12,8(13,14)15)9(16,17)18/h2-4H2,1H3. The molecule has 0 spiro atoms. The van der Waals surface area contributed by atoms with Gasteiger partial charge in [0.15, 0.2) is 0 Å². The lowest BCUT2D eigenvalue weighted by Crippen LogP contribution is -2.64. The normalized spacial score (nSPS) is 14.3. The van der Waals surface area contributed by atoms with Gasteiger partial charge in [-0.05, 0) is 6.42 Å². The molecule has 11 heteroatoms. The van der Waals surface area contributed by atoms with Gasteiger partial charge in [-0.3, -0.25) is 4.79 Å². The third-order valence-corrected chi connectivity index (χ3v) is 2.31. The summed E-state index contributed by atoms with van der Waals surface area (Å²) in [6, 6.07) is 0. The molecule has 20 heavy (non-hydrogen) atoms. The van der Waals surface area contributed by atoms with E-state index in [2.05, 4.69) is 4.74 Å². The molecule has 0 heterocycles. The number of rotatable bonds is 4. The van der Waals surface area contributed by atoms with Gasteiger partial charge in [0.1, 0.15) is 0 Å². The monoisotopic (exact) mass is 320 g/mol. The van der Waals surface area contributed by atoms with Crippen LogP contribution in [0.5, 0.6) is 0 Å². The van der Waals surface area contributed by atoms with Crippen molar-refractivity contribution in [3.63, 3.8) is 0 Å². The van der Waals surface area contributed by atoms with E-state index < -0.39 is 36.5 Å². The molecule has 0 saturated heterocycles. The minimum absolute atomic E-state index is 0.171. The molecule has 0 bridgehead atoms. The maximum absolute atomic E-state index is 12.4. The van der Waals surface area contributed by atoms with Crippen molar-refractivity contribution in [2.75, 3.05) is 6.61 Å². The number of carbonyl (C=O) groups excluding carboxylic acids is 1. The number of hydrogen-bond donors (Lipinski definition) is 0. The molecular weight excluding hydrogens is 311 g/mol. The molecule has 2 nitrogen and oxygen atoms in total. The molecule has 0 radical (unpaired) electrons. The molecule has 0 unspecified atom stereocenters. The molecule has 0 aliphatic rings.